The van der Waals surface area contributed by atoms with E-state index in [1.807, 2.05) is 13.8 Å². The maximum Gasteiger partial charge on any atom is 0.326 e. The van der Waals surface area contributed by atoms with E-state index in [0.717, 1.165) is 0 Å². The topological polar surface area (TPSA) is 105 Å². The molecule has 6 nitrogen and oxygen atoms in total. The summed E-state index contributed by atoms with van der Waals surface area (Å²) in [5, 5.41) is 13.7. The summed E-state index contributed by atoms with van der Waals surface area (Å²) in [6.45, 7) is 4.07. The van der Waals surface area contributed by atoms with Crippen molar-refractivity contribution in [2.45, 2.75) is 32.9 Å². The first-order valence-corrected chi connectivity index (χ1v) is 6.50. The number of hydrogen-bond acceptors (Lipinski definition) is 5. The van der Waals surface area contributed by atoms with E-state index >= 15 is 0 Å². The van der Waals surface area contributed by atoms with E-state index in [1.165, 1.54) is 11.3 Å². The van der Waals surface area contributed by atoms with Crippen LogP contribution in [0.15, 0.2) is 5.38 Å². The van der Waals surface area contributed by atoms with Gasteiger partial charge in [-0.25, -0.2) is 9.78 Å². The summed E-state index contributed by atoms with van der Waals surface area (Å²) in [4.78, 5) is 26.8. The van der Waals surface area contributed by atoms with Gasteiger partial charge in [-0.05, 0) is 12.3 Å². The third-order valence-electron chi connectivity index (χ3n) is 2.27. The van der Waals surface area contributed by atoms with Crippen LogP contribution < -0.4 is 11.1 Å². The zero-order chi connectivity index (χ0) is 13.7. The number of nitrogens with one attached hydrogen (secondary N) is 1. The molecule has 0 radical (unpaired) electrons. The van der Waals surface area contributed by atoms with Crippen LogP contribution in [-0.4, -0.2) is 28.0 Å². The first-order chi connectivity index (χ1) is 8.43. The second kappa shape index (κ2) is 6.46. The van der Waals surface area contributed by atoms with E-state index < -0.39 is 17.9 Å². The summed E-state index contributed by atoms with van der Waals surface area (Å²) in [7, 11) is 0. The van der Waals surface area contributed by atoms with Gasteiger partial charge in [0.15, 0.2) is 0 Å². The van der Waals surface area contributed by atoms with Gasteiger partial charge in [-0.15, -0.1) is 11.3 Å². The molecule has 18 heavy (non-hydrogen) atoms. The van der Waals surface area contributed by atoms with Gasteiger partial charge in [-0.3, -0.25) is 4.79 Å². The number of aliphatic carboxylic acids is 1. The highest BCUT2D eigenvalue weighted by atomic mass is 32.1. The fourth-order valence-electron chi connectivity index (χ4n) is 1.43. The number of carboxylic acid groups (broad SMARTS) is 1. The molecule has 100 valence electrons. The Labute approximate surface area is 109 Å². The fourth-order valence-corrected chi connectivity index (χ4v) is 2.09. The number of nitrogens with zero attached hydrogens (tertiary/aromatic N) is 1. The molecule has 7 heteroatoms. The van der Waals surface area contributed by atoms with Crippen molar-refractivity contribution in [3.8, 4) is 0 Å². The second-order valence-electron chi connectivity index (χ2n) is 4.32. The van der Waals surface area contributed by atoms with Crippen LogP contribution in [-0.2, 0) is 11.3 Å². The lowest BCUT2D eigenvalue weighted by molar-refractivity contribution is -0.139. The number of carbonyl (C=O) groups is 2. The normalized spacial score (nSPS) is 12.4. The average Bonchev–Trinajstić information content (AvgIpc) is 2.75. The van der Waals surface area contributed by atoms with Gasteiger partial charge in [-0.2, -0.15) is 0 Å². The number of nitrogens with two attached hydrogens (primary N) is 1. The van der Waals surface area contributed by atoms with Crippen LogP contribution in [0, 0.1) is 5.92 Å². The lowest BCUT2D eigenvalue weighted by Crippen LogP contribution is -2.41. The monoisotopic (exact) mass is 271 g/mol. The summed E-state index contributed by atoms with van der Waals surface area (Å²) in [6, 6.07) is -0.888. The predicted molar refractivity (Wildman–Crippen MR) is 68.4 cm³/mol. The highest BCUT2D eigenvalue weighted by molar-refractivity contribution is 7.09. The van der Waals surface area contributed by atoms with Gasteiger partial charge in [0, 0.05) is 11.9 Å². The van der Waals surface area contributed by atoms with Crippen LogP contribution >= 0.6 is 11.3 Å². The molecule has 1 aromatic rings. The minimum absolute atomic E-state index is 0.182. The van der Waals surface area contributed by atoms with Crippen LogP contribution in [0.3, 0.4) is 0 Å². The highest BCUT2D eigenvalue weighted by Gasteiger charge is 2.22. The van der Waals surface area contributed by atoms with Gasteiger partial charge in [0.25, 0.3) is 5.91 Å². The summed E-state index contributed by atoms with van der Waals surface area (Å²) in [5.74, 6) is -1.33. The number of rotatable bonds is 6. The van der Waals surface area contributed by atoms with Gasteiger partial charge in [0.05, 0.1) is 0 Å². The number of aromatic nitrogens is 1. The largest absolute Gasteiger partial charge is 0.480 e. The minimum atomic E-state index is -1.04. The fraction of sp³-hybridized carbons (Fsp3) is 0.545. The number of amides is 1. The molecule has 0 aliphatic heterocycles. The molecule has 0 spiro atoms. The summed E-state index contributed by atoms with van der Waals surface area (Å²) in [5.41, 5.74) is 5.62. The Morgan fingerprint density at radius 1 is 1.56 bits per heavy atom. The molecule has 0 unspecified atom stereocenters. The van der Waals surface area contributed by atoms with E-state index in [-0.39, 0.29) is 18.2 Å². The van der Waals surface area contributed by atoms with E-state index in [9.17, 15) is 9.59 Å². The van der Waals surface area contributed by atoms with Crippen LogP contribution in [0.4, 0.5) is 0 Å². The van der Waals surface area contributed by atoms with Gasteiger partial charge < -0.3 is 16.2 Å². The van der Waals surface area contributed by atoms with Gasteiger partial charge in [0.1, 0.15) is 16.7 Å². The van der Waals surface area contributed by atoms with Crippen molar-refractivity contribution in [1.82, 2.24) is 10.3 Å². The Balaban J connectivity index is 2.69. The van der Waals surface area contributed by atoms with E-state index in [4.69, 9.17) is 10.8 Å². The van der Waals surface area contributed by atoms with Crippen molar-refractivity contribution < 1.29 is 14.7 Å². The van der Waals surface area contributed by atoms with Crippen molar-refractivity contribution in [1.29, 1.82) is 0 Å². The molecular formula is C11H17N3O3S. The molecule has 0 bridgehead atoms. The molecule has 1 heterocycles. The lowest BCUT2D eigenvalue weighted by atomic mass is 10.0. The molecule has 1 amide bonds. The summed E-state index contributed by atoms with van der Waals surface area (Å²) >= 11 is 1.28. The lowest BCUT2D eigenvalue weighted by Gasteiger charge is -2.15. The molecule has 0 aromatic carbocycles. The Morgan fingerprint density at radius 3 is 2.67 bits per heavy atom. The van der Waals surface area contributed by atoms with Crippen LogP contribution in [0.2, 0.25) is 0 Å². The molecule has 1 rings (SSSR count). The summed E-state index contributed by atoms with van der Waals surface area (Å²) in [6.07, 6.45) is 0.384. The molecule has 0 aliphatic rings. The van der Waals surface area contributed by atoms with Crippen molar-refractivity contribution >= 4 is 23.2 Å². The minimum Gasteiger partial charge on any atom is -0.480 e. The van der Waals surface area contributed by atoms with Crippen molar-refractivity contribution in [2.24, 2.45) is 11.7 Å². The molecule has 4 N–H and O–H groups in total. The maximum absolute atomic E-state index is 11.8. The number of hydrogen-bond donors (Lipinski definition) is 3. The smallest absolute Gasteiger partial charge is 0.326 e. The number of carbonyl (C=O) groups excluding carboxylic acids is 1. The molecular weight excluding hydrogens is 254 g/mol. The Kier molecular flexibility index (Phi) is 5.24. The SMILES string of the molecule is CC(C)C[C@H](NC(=O)c1csc(CN)n1)C(=O)O. The third kappa shape index (κ3) is 4.08. The molecule has 1 aromatic heterocycles. The van der Waals surface area contributed by atoms with E-state index in [0.29, 0.717) is 11.4 Å². The maximum atomic E-state index is 11.8. The van der Waals surface area contributed by atoms with Crippen LogP contribution in [0.25, 0.3) is 0 Å². The number of thiazole rings is 1. The van der Waals surface area contributed by atoms with Crippen LogP contribution in [0.5, 0.6) is 0 Å². The Bertz CT molecular complexity index is 431. The molecule has 0 saturated carbocycles. The first-order valence-electron chi connectivity index (χ1n) is 5.62. The first kappa shape index (κ1) is 14.6. The Hall–Kier alpha value is -1.47. The average molecular weight is 271 g/mol. The predicted octanol–water partition coefficient (Wildman–Crippen LogP) is 0.831. The standard InChI is InChI=1S/C11H17N3O3S/c1-6(2)3-7(11(16)17)14-10(15)8-5-18-9(4-12)13-8/h5-7H,3-4,12H2,1-2H3,(H,14,15)(H,16,17)/t7-/m0/s1. The third-order valence-corrected chi connectivity index (χ3v) is 3.14. The zero-order valence-electron chi connectivity index (χ0n) is 10.3. The van der Waals surface area contributed by atoms with Gasteiger partial charge >= 0.3 is 5.97 Å². The van der Waals surface area contributed by atoms with Gasteiger partial charge in [0.2, 0.25) is 0 Å². The van der Waals surface area contributed by atoms with E-state index in [1.54, 1.807) is 5.38 Å². The van der Waals surface area contributed by atoms with E-state index in [2.05, 4.69) is 10.3 Å². The number of carboxylic acids is 1. The summed E-state index contributed by atoms with van der Waals surface area (Å²) < 4.78 is 0. The quantitative estimate of drug-likeness (QED) is 0.710. The van der Waals surface area contributed by atoms with Crippen LogP contribution in [0.1, 0.15) is 35.8 Å². The van der Waals surface area contributed by atoms with Crippen molar-refractivity contribution in [3.05, 3.63) is 16.1 Å². The molecule has 1 atom stereocenters. The highest BCUT2D eigenvalue weighted by Crippen LogP contribution is 2.10. The van der Waals surface area contributed by atoms with Crippen molar-refractivity contribution in [3.63, 3.8) is 0 Å². The molecule has 0 fully saturated rings. The van der Waals surface area contributed by atoms with Crippen molar-refractivity contribution in [2.75, 3.05) is 0 Å². The molecule has 0 aliphatic carbocycles. The molecule has 0 saturated heterocycles. The van der Waals surface area contributed by atoms with Gasteiger partial charge in [-0.1, -0.05) is 13.8 Å². The Morgan fingerprint density at radius 2 is 2.22 bits per heavy atom. The zero-order valence-corrected chi connectivity index (χ0v) is 11.2. The second-order valence-corrected chi connectivity index (χ2v) is 5.27.